The molecule has 39 heavy (non-hydrogen) atoms. The zero-order valence-corrected chi connectivity index (χ0v) is 20.9. The summed E-state index contributed by atoms with van der Waals surface area (Å²) in [7, 11) is 0. The number of amides is 1. The van der Waals surface area contributed by atoms with Crippen LogP contribution in [0.5, 0.6) is 0 Å². The molecule has 1 aliphatic heterocycles. The van der Waals surface area contributed by atoms with Crippen LogP contribution >= 0.6 is 0 Å². The average Bonchev–Trinajstić information content (AvgIpc) is 3.59. The van der Waals surface area contributed by atoms with E-state index >= 15 is 0 Å². The van der Waals surface area contributed by atoms with E-state index in [4.69, 9.17) is 10.4 Å². The van der Waals surface area contributed by atoms with E-state index in [1.165, 1.54) is 10.2 Å². The lowest BCUT2D eigenvalue weighted by atomic mass is 10.0. The van der Waals surface area contributed by atoms with Crippen LogP contribution in [0, 0.1) is 0 Å². The molecule has 0 aliphatic carbocycles. The minimum atomic E-state index is -0.506. The van der Waals surface area contributed by atoms with Gasteiger partial charge in [0.25, 0.3) is 5.91 Å². The molecule has 3 heterocycles. The third kappa shape index (κ3) is 4.97. The molecule has 0 fully saturated rings. The van der Waals surface area contributed by atoms with Gasteiger partial charge in [0, 0.05) is 12.2 Å². The summed E-state index contributed by atoms with van der Waals surface area (Å²) in [4.78, 5) is 15.4. The summed E-state index contributed by atoms with van der Waals surface area (Å²) in [5.74, 6) is -0.290. The van der Waals surface area contributed by atoms with E-state index in [1.807, 2.05) is 54.6 Å². The standard InChI is InChI=1S/C28H25N9O2/c29-26-27(34-39-33-26)37-24(18-36-16-6-10-22-9-4-5-11-23(22)36)25(31-35-37)28(38)32-30-17-19-12-14-21(15-13-19)20-7-2-1-3-8-20/h1-5,7-9,11-15,17H,6,10,16,18H2,(H2,29,33)(H,32,38)/b30-17+. The monoisotopic (exact) mass is 519 g/mol. The third-order valence-electron chi connectivity index (χ3n) is 6.62. The molecule has 11 nitrogen and oxygen atoms in total. The van der Waals surface area contributed by atoms with Crippen LogP contribution in [0.3, 0.4) is 0 Å². The number of aromatic nitrogens is 5. The largest absolute Gasteiger partial charge is 0.378 e. The first kappa shape index (κ1) is 24.0. The summed E-state index contributed by atoms with van der Waals surface area (Å²) in [6, 6.07) is 26.2. The van der Waals surface area contributed by atoms with Crippen molar-refractivity contribution in [2.75, 3.05) is 17.2 Å². The van der Waals surface area contributed by atoms with Crippen molar-refractivity contribution in [3.05, 3.63) is 101 Å². The van der Waals surface area contributed by atoms with Gasteiger partial charge in [0.2, 0.25) is 11.6 Å². The summed E-state index contributed by atoms with van der Waals surface area (Å²) in [6.07, 6.45) is 3.57. The Bertz CT molecular complexity index is 1620. The number of aryl methyl sites for hydroxylation is 1. The number of carbonyl (C=O) groups is 1. The molecule has 194 valence electrons. The number of nitrogens with zero attached hydrogens (tertiary/aromatic N) is 7. The summed E-state index contributed by atoms with van der Waals surface area (Å²) < 4.78 is 6.16. The number of nitrogens with two attached hydrogens (primary N) is 1. The van der Waals surface area contributed by atoms with Gasteiger partial charge in [-0.1, -0.05) is 78.0 Å². The van der Waals surface area contributed by atoms with Crippen molar-refractivity contribution in [3.63, 3.8) is 0 Å². The van der Waals surface area contributed by atoms with E-state index < -0.39 is 5.91 Å². The number of benzene rings is 3. The molecule has 1 amide bonds. The first-order valence-electron chi connectivity index (χ1n) is 12.5. The van der Waals surface area contributed by atoms with Crippen LogP contribution in [-0.4, -0.2) is 44.0 Å². The van der Waals surface area contributed by atoms with Crippen molar-refractivity contribution in [1.29, 1.82) is 0 Å². The lowest BCUT2D eigenvalue weighted by Crippen LogP contribution is -2.31. The number of carbonyl (C=O) groups excluding carboxylic acids is 1. The number of hydrogen-bond acceptors (Lipinski definition) is 9. The fourth-order valence-corrected chi connectivity index (χ4v) is 4.69. The quantitative estimate of drug-likeness (QED) is 0.245. The lowest BCUT2D eigenvalue weighted by Gasteiger charge is -2.31. The van der Waals surface area contributed by atoms with E-state index in [1.54, 1.807) is 6.21 Å². The molecule has 0 saturated heterocycles. The Labute approximate surface area is 223 Å². The third-order valence-corrected chi connectivity index (χ3v) is 6.62. The zero-order chi connectivity index (χ0) is 26.6. The van der Waals surface area contributed by atoms with Crippen LogP contribution in [-0.2, 0) is 13.0 Å². The zero-order valence-electron chi connectivity index (χ0n) is 20.9. The van der Waals surface area contributed by atoms with Gasteiger partial charge in [-0.15, -0.1) is 5.10 Å². The Morgan fingerprint density at radius 1 is 1.00 bits per heavy atom. The van der Waals surface area contributed by atoms with Crippen LogP contribution in [0.25, 0.3) is 16.9 Å². The molecule has 0 bridgehead atoms. The van der Waals surface area contributed by atoms with Gasteiger partial charge in [-0.05, 0) is 51.5 Å². The summed E-state index contributed by atoms with van der Waals surface area (Å²) >= 11 is 0. The molecule has 0 saturated carbocycles. The fourth-order valence-electron chi connectivity index (χ4n) is 4.69. The maximum atomic E-state index is 13.2. The molecular weight excluding hydrogens is 494 g/mol. The summed E-state index contributed by atoms with van der Waals surface area (Å²) in [6.45, 7) is 1.16. The second kappa shape index (κ2) is 10.6. The van der Waals surface area contributed by atoms with E-state index in [-0.39, 0.29) is 17.3 Å². The minimum absolute atomic E-state index is 0.0455. The van der Waals surface area contributed by atoms with Gasteiger partial charge in [-0.25, -0.2) is 10.1 Å². The fraction of sp³-hybridized carbons (Fsp3) is 0.143. The number of hydrogen-bond donors (Lipinski definition) is 2. The van der Waals surface area contributed by atoms with Crippen LogP contribution in [0.15, 0.2) is 88.6 Å². The Morgan fingerprint density at radius 2 is 1.77 bits per heavy atom. The van der Waals surface area contributed by atoms with Gasteiger partial charge in [0.1, 0.15) is 0 Å². The van der Waals surface area contributed by atoms with Crippen molar-refractivity contribution in [2.45, 2.75) is 19.4 Å². The van der Waals surface area contributed by atoms with E-state index in [9.17, 15) is 4.79 Å². The topological polar surface area (TPSA) is 140 Å². The number of anilines is 2. The molecule has 0 atom stereocenters. The van der Waals surface area contributed by atoms with Crippen LogP contribution in [0.1, 0.15) is 33.7 Å². The second-order valence-corrected chi connectivity index (χ2v) is 9.11. The molecule has 1 aliphatic rings. The van der Waals surface area contributed by atoms with Gasteiger partial charge in [-0.2, -0.15) is 9.78 Å². The first-order chi connectivity index (χ1) is 19.2. The summed E-state index contributed by atoms with van der Waals surface area (Å²) in [5, 5.41) is 19.9. The highest BCUT2D eigenvalue weighted by Gasteiger charge is 2.27. The highest BCUT2D eigenvalue weighted by atomic mass is 16.6. The van der Waals surface area contributed by atoms with Gasteiger partial charge in [0.15, 0.2) is 5.69 Å². The predicted molar refractivity (Wildman–Crippen MR) is 146 cm³/mol. The SMILES string of the molecule is Nc1nonc1-n1nnc(C(=O)N/N=C/c2ccc(-c3ccccc3)cc2)c1CN1CCCc2ccccc21. The van der Waals surface area contributed by atoms with Crippen molar-refractivity contribution in [3.8, 4) is 16.9 Å². The maximum Gasteiger partial charge on any atom is 0.293 e. The molecule has 2 aromatic heterocycles. The van der Waals surface area contributed by atoms with Crippen molar-refractivity contribution >= 4 is 23.6 Å². The smallest absolute Gasteiger partial charge is 0.293 e. The Morgan fingerprint density at radius 3 is 2.56 bits per heavy atom. The first-order valence-corrected chi connectivity index (χ1v) is 12.5. The van der Waals surface area contributed by atoms with Crippen LogP contribution in [0.2, 0.25) is 0 Å². The molecular formula is C28H25N9O2. The molecule has 5 aromatic rings. The number of rotatable bonds is 7. The Kier molecular flexibility index (Phi) is 6.52. The summed E-state index contributed by atoms with van der Waals surface area (Å²) in [5.41, 5.74) is 14.5. The molecule has 0 unspecified atom stereocenters. The number of para-hydroxylation sites is 1. The molecule has 0 spiro atoms. The van der Waals surface area contributed by atoms with E-state index in [2.05, 4.69) is 60.3 Å². The number of hydrazone groups is 1. The minimum Gasteiger partial charge on any atom is -0.378 e. The number of nitrogen functional groups attached to an aromatic ring is 1. The molecule has 0 radical (unpaired) electrons. The second-order valence-electron chi connectivity index (χ2n) is 9.11. The molecule has 3 aromatic carbocycles. The highest BCUT2D eigenvalue weighted by Crippen LogP contribution is 2.29. The van der Waals surface area contributed by atoms with E-state index in [0.717, 1.165) is 41.8 Å². The van der Waals surface area contributed by atoms with Gasteiger partial charge in [0.05, 0.1) is 18.5 Å². The Balaban J connectivity index is 1.23. The molecule has 3 N–H and O–H groups in total. The van der Waals surface area contributed by atoms with Gasteiger partial charge in [-0.3, -0.25) is 4.79 Å². The van der Waals surface area contributed by atoms with E-state index in [0.29, 0.717) is 12.2 Å². The van der Waals surface area contributed by atoms with Crippen molar-refractivity contribution < 1.29 is 9.42 Å². The van der Waals surface area contributed by atoms with Crippen LogP contribution in [0.4, 0.5) is 11.5 Å². The average molecular weight is 520 g/mol. The van der Waals surface area contributed by atoms with Crippen molar-refractivity contribution in [2.24, 2.45) is 5.10 Å². The number of nitrogens with one attached hydrogen (secondary N) is 1. The predicted octanol–water partition coefficient (Wildman–Crippen LogP) is 3.62. The molecule has 6 rings (SSSR count). The lowest BCUT2D eigenvalue weighted by molar-refractivity contribution is 0.0949. The normalized spacial score (nSPS) is 13.0. The highest BCUT2D eigenvalue weighted by molar-refractivity contribution is 5.94. The van der Waals surface area contributed by atoms with Crippen molar-refractivity contribution in [1.82, 2.24) is 30.7 Å². The molecule has 11 heteroatoms. The van der Waals surface area contributed by atoms with Gasteiger partial charge < -0.3 is 10.6 Å². The number of fused-ring (bicyclic) bond motifs is 1. The Hall–Kier alpha value is -5.32. The maximum absolute atomic E-state index is 13.2. The van der Waals surface area contributed by atoms with Gasteiger partial charge >= 0.3 is 0 Å². The van der Waals surface area contributed by atoms with Crippen LogP contribution < -0.4 is 16.1 Å².